The monoisotopic (exact) mass is 267 g/mol. The van der Waals surface area contributed by atoms with Crippen LogP contribution in [0.3, 0.4) is 0 Å². The van der Waals surface area contributed by atoms with Crippen molar-refractivity contribution in [1.82, 2.24) is 15.1 Å². The first-order chi connectivity index (χ1) is 8.73. The number of nitrogens with one attached hydrogen (secondary N) is 1. The summed E-state index contributed by atoms with van der Waals surface area (Å²) in [5.41, 5.74) is 1.74. The molecule has 0 aliphatic carbocycles. The van der Waals surface area contributed by atoms with Crippen LogP contribution in [0.4, 0.5) is 0 Å². The lowest BCUT2D eigenvalue weighted by atomic mass is 10.2. The smallest absolute Gasteiger partial charge is 0.323 e. The third-order valence-electron chi connectivity index (χ3n) is 2.69. The molecule has 0 fully saturated rings. The highest BCUT2D eigenvalue weighted by Crippen LogP contribution is 2.10. The van der Waals surface area contributed by atoms with E-state index in [4.69, 9.17) is 4.74 Å². The molecular formula is C14H25N3O2. The molecule has 1 aromatic rings. The molecule has 1 aromatic heterocycles. The molecule has 108 valence electrons. The Hall–Kier alpha value is -1.36. The van der Waals surface area contributed by atoms with Crippen LogP contribution in [0.25, 0.3) is 0 Å². The SMILES string of the molecule is CCc1nn(C)cc1CNC(C)C(=O)OC(C)(C)C. The Balaban J connectivity index is 2.54. The van der Waals surface area contributed by atoms with Gasteiger partial charge in [0.15, 0.2) is 0 Å². The third-order valence-corrected chi connectivity index (χ3v) is 2.69. The second kappa shape index (κ2) is 6.19. The van der Waals surface area contributed by atoms with E-state index < -0.39 is 5.60 Å². The fourth-order valence-electron chi connectivity index (χ4n) is 1.77. The molecule has 0 aliphatic rings. The molecule has 1 unspecified atom stereocenters. The van der Waals surface area contributed by atoms with E-state index in [0.29, 0.717) is 6.54 Å². The minimum atomic E-state index is -0.449. The molecule has 0 aromatic carbocycles. The van der Waals surface area contributed by atoms with Gasteiger partial charge in [-0.25, -0.2) is 0 Å². The number of aromatic nitrogens is 2. The molecule has 1 heterocycles. The molecule has 5 heteroatoms. The molecule has 1 rings (SSSR count). The van der Waals surface area contributed by atoms with Crippen molar-refractivity contribution in [2.45, 2.75) is 59.2 Å². The van der Waals surface area contributed by atoms with E-state index in [9.17, 15) is 4.79 Å². The summed E-state index contributed by atoms with van der Waals surface area (Å²) >= 11 is 0. The Morgan fingerprint density at radius 3 is 2.68 bits per heavy atom. The Kier molecular flexibility index (Phi) is 5.11. The molecule has 19 heavy (non-hydrogen) atoms. The van der Waals surface area contributed by atoms with Gasteiger partial charge in [-0.2, -0.15) is 5.10 Å². The highest BCUT2D eigenvalue weighted by Gasteiger charge is 2.21. The van der Waals surface area contributed by atoms with Gasteiger partial charge in [0.25, 0.3) is 0 Å². The molecule has 0 radical (unpaired) electrons. The van der Waals surface area contributed by atoms with Crippen LogP contribution < -0.4 is 5.32 Å². The van der Waals surface area contributed by atoms with Gasteiger partial charge in [-0.05, 0) is 34.1 Å². The number of hydrogen-bond donors (Lipinski definition) is 1. The second-order valence-electron chi connectivity index (χ2n) is 5.76. The van der Waals surface area contributed by atoms with Gasteiger partial charge in [-0.3, -0.25) is 9.48 Å². The standard InChI is InChI=1S/C14H25N3O2/c1-7-12-11(9-17(6)16-12)8-15-10(2)13(18)19-14(3,4)5/h9-10,15H,7-8H2,1-6H3. The number of esters is 1. The van der Waals surface area contributed by atoms with Crippen molar-refractivity contribution in [3.05, 3.63) is 17.5 Å². The maximum atomic E-state index is 11.8. The van der Waals surface area contributed by atoms with Crippen molar-refractivity contribution < 1.29 is 9.53 Å². The van der Waals surface area contributed by atoms with E-state index in [1.165, 1.54) is 0 Å². The van der Waals surface area contributed by atoms with Crippen molar-refractivity contribution in [2.75, 3.05) is 0 Å². The van der Waals surface area contributed by atoms with Gasteiger partial charge in [0, 0.05) is 25.4 Å². The van der Waals surface area contributed by atoms with Crippen molar-refractivity contribution in [3.8, 4) is 0 Å². The number of carbonyl (C=O) groups is 1. The van der Waals surface area contributed by atoms with Gasteiger partial charge in [0.1, 0.15) is 11.6 Å². The topological polar surface area (TPSA) is 56.2 Å². The Morgan fingerprint density at radius 2 is 2.16 bits per heavy atom. The molecule has 0 bridgehead atoms. The summed E-state index contributed by atoms with van der Waals surface area (Å²) in [6, 6.07) is -0.330. The predicted octanol–water partition coefficient (Wildman–Crippen LogP) is 1.80. The lowest BCUT2D eigenvalue weighted by Crippen LogP contribution is -2.38. The fraction of sp³-hybridized carbons (Fsp3) is 0.714. The van der Waals surface area contributed by atoms with E-state index in [0.717, 1.165) is 17.7 Å². The maximum absolute atomic E-state index is 11.8. The summed E-state index contributed by atoms with van der Waals surface area (Å²) < 4.78 is 7.13. The van der Waals surface area contributed by atoms with Gasteiger partial charge < -0.3 is 10.1 Å². The van der Waals surface area contributed by atoms with Crippen molar-refractivity contribution in [3.63, 3.8) is 0 Å². The Labute approximate surface area is 115 Å². The first-order valence-electron chi connectivity index (χ1n) is 6.70. The molecule has 5 nitrogen and oxygen atoms in total. The Morgan fingerprint density at radius 1 is 1.53 bits per heavy atom. The zero-order chi connectivity index (χ0) is 14.6. The first kappa shape index (κ1) is 15.7. The zero-order valence-electron chi connectivity index (χ0n) is 12.8. The van der Waals surface area contributed by atoms with Crippen molar-refractivity contribution in [2.24, 2.45) is 7.05 Å². The highest BCUT2D eigenvalue weighted by molar-refractivity contribution is 5.75. The van der Waals surface area contributed by atoms with Crippen LogP contribution in [-0.4, -0.2) is 27.4 Å². The van der Waals surface area contributed by atoms with E-state index in [1.54, 1.807) is 4.68 Å². The molecule has 0 saturated carbocycles. The van der Waals surface area contributed by atoms with E-state index in [1.807, 2.05) is 40.9 Å². The zero-order valence-corrected chi connectivity index (χ0v) is 12.8. The van der Waals surface area contributed by atoms with Gasteiger partial charge in [-0.1, -0.05) is 6.92 Å². The van der Waals surface area contributed by atoms with E-state index >= 15 is 0 Å². The molecule has 0 saturated heterocycles. The predicted molar refractivity (Wildman–Crippen MR) is 74.7 cm³/mol. The van der Waals surface area contributed by atoms with E-state index in [2.05, 4.69) is 17.3 Å². The molecular weight excluding hydrogens is 242 g/mol. The van der Waals surface area contributed by atoms with Crippen LogP contribution in [0.5, 0.6) is 0 Å². The van der Waals surface area contributed by atoms with Gasteiger partial charge in [0.05, 0.1) is 5.69 Å². The van der Waals surface area contributed by atoms with Gasteiger partial charge >= 0.3 is 5.97 Å². The first-order valence-corrected chi connectivity index (χ1v) is 6.70. The number of aryl methyl sites for hydroxylation is 2. The largest absolute Gasteiger partial charge is 0.459 e. The van der Waals surface area contributed by atoms with Gasteiger partial charge in [-0.15, -0.1) is 0 Å². The summed E-state index contributed by atoms with van der Waals surface area (Å²) in [4.78, 5) is 11.8. The van der Waals surface area contributed by atoms with E-state index in [-0.39, 0.29) is 12.0 Å². The van der Waals surface area contributed by atoms with Crippen LogP contribution in [0.1, 0.15) is 45.9 Å². The normalized spacial score (nSPS) is 13.4. The van der Waals surface area contributed by atoms with Crippen LogP contribution in [0.2, 0.25) is 0 Å². The lowest BCUT2D eigenvalue weighted by molar-refractivity contribution is -0.157. The Bertz CT molecular complexity index is 432. The average Bonchev–Trinajstić information content (AvgIpc) is 2.64. The van der Waals surface area contributed by atoms with Gasteiger partial charge in [0.2, 0.25) is 0 Å². The van der Waals surface area contributed by atoms with Crippen LogP contribution >= 0.6 is 0 Å². The highest BCUT2D eigenvalue weighted by atomic mass is 16.6. The van der Waals surface area contributed by atoms with Crippen molar-refractivity contribution in [1.29, 1.82) is 0 Å². The quantitative estimate of drug-likeness (QED) is 0.827. The number of nitrogens with zero attached hydrogens (tertiary/aromatic N) is 2. The third kappa shape index (κ3) is 5.03. The number of rotatable bonds is 5. The van der Waals surface area contributed by atoms with Crippen LogP contribution in [0, 0.1) is 0 Å². The molecule has 1 atom stereocenters. The second-order valence-corrected chi connectivity index (χ2v) is 5.76. The summed E-state index contributed by atoms with van der Waals surface area (Å²) in [7, 11) is 1.90. The van der Waals surface area contributed by atoms with Crippen molar-refractivity contribution >= 4 is 5.97 Å². The summed E-state index contributed by atoms with van der Waals surface area (Å²) in [5, 5.41) is 7.55. The average molecular weight is 267 g/mol. The molecule has 0 aliphatic heterocycles. The fourth-order valence-corrected chi connectivity index (χ4v) is 1.77. The summed E-state index contributed by atoms with van der Waals surface area (Å²) in [6.45, 7) is 10.1. The molecule has 1 N–H and O–H groups in total. The summed E-state index contributed by atoms with van der Waals surface area (Å²) in [5.74, 6) is -0.227. The number of ether oxygens (including phenoxy) is 1. The number of carbonyl (C=O) groups excluding carboxylic acids is 1. The lowest BCUT2D eigenvalue weighted by Gasteiger charge is -2.22. The van der Waals surface area contributed by atoms with Crippen LogP contribution in [-0.2, 0) is 29.5 Å². The molecule has 0 spiro atoms. The number of hydrogen-bond acceptors (Lipinski definition) is 4. The molecule has 0 amide bonds. The minimum Gasteiger partial charge on any atom is -0.459 e. The minimum absolute atomic E-state index is 0.227. The van der Waals surface area contributed by atoms with Crippen LogP contribution in [0.15, 0.2) is 6.20 Å². The summed E-state index contributed by atoms with van der Waals surface area (Å²) in [6.07, 6.45) is 2.87. The maximum Gasteiger partial charge on any atom is 0.323 e.